The molecule has 4 nitrogen and oxygen atoms in total. The summed E-state index contributed by atoms with van der Waals surface area (Å²) < 4.78 is 0. The third-order valence-electron chi connectivity index (χ3n) is 2.22. The first-order chi connectivity index (χ1) is 7.27. The lowest BCUT2D eigenvalue weighted by Crippen LogP contribution is -1.84. The second kappa shape index (κ2) is 2.98. The summed E-state index contributed by atoms with van der Waals surface area (Å²) in [5, 5.41) is 19.2. The Balaban J connectivity index is 2.57. The largest absolute Gasteiger partial charge is 0.334 e. The summed E-state index contributed by atoms with van der Waals surface area (Å²) in [7, 11) is 0. The Kier molecular flexibility index (Phi) is 1.74. The normalized spacial score (nSPS) is 11.2. The highest BCUT2D eigenvalue weighted by Crippen LogP contribution is 2.37. The first-order valence-corrected chi connectivity index (χ1v) is 5.96. The molecule has 0 aliphatic heterocycles. The monoisotopic (exact) mass is 236 g/mol. The molecule has 0 atom stereocenters. The minimum atomic E-state index is -0.341. The molecule has 74 valence electrons. The zero-order chi connectivity index (χ0) is 10.4. The molecule has 0 aromatic carbocycles. The fraction of sp³-hybridized carbons (Fsp3) is 0. The average molecular weight is 236 g/mol. The van der Waals surface area contributed by atoms with Crippen LogP contribution in [0.25, 0.3) is 21.7 Å². The van der Waals surface area contributed by atoms with Crippen LogP contribution in [-0.2, 0) is 0 Å². The van der Waals surface area contributed by atoms with E-state index in [1.165, 1.54) is 11.3 Å². The van der Waals surface area contributed by atoms with Gasteiger partial charge in [0.2, 0.25) is 0 Å². The Morgan fingerprint density at radius 1 is 1.33 bits per heavy atom. The Morgan fingerprint density at radius 2 is 2.20 bits per heavy atom. The van der Waals surface area contributed by atoms with Gasteiger partial charge in [0, 0.05) is 27.7 Å². The van der Waals surface area contributed by atoms with Crippen molar-refractivity contribution in [2.45, 2.75) is 0 Å². The lowest BCUT2D eigenvalue weighted by molar-refractivity contribution is -0.378. The number of nitrogens with zero attached hydrogens (tertiary/aromatic N) is 2. The number of aromatic nitrogens is 1. The molecule has 0 aliphatic carbocycles. The van der Waals surface area contributed by atoms with Gasteiger partial charge in [0.25, 0.3) is 0 Å². The summed E-state index contributed by atoms with van der Waals surface area (Å²) in [4.78, 5) is 14.7. The molecule has 3 aromatic rings. The highest BCUT2D eigenvalue weighted by Gasteiger charge is 2.18. The molecule has 3 aromatic heterocycles. The molecular weight excluding hydrogens is 232 g/mol. The number of thiophene rings is 2. The molecule has 3 rings (SSSR count). The van der Waals surface area contributed by atoms with Crippen molar-refractivity contribution in [3.8, 4) is 0 Å². The highest BCUT2D eigenvalue weighted by molar-refractivity contribution is 7.15. The van der Waals surface area contributed by atoms with Gasteiger partial charge in [0.15, 0.2) is 0 Å². The van der Waals surface area contributed by atoms with Crippen LogP contribution in [-0.4, -0.2) is 9.91 Å². The lowest BCUT2D eigenvalue weighted by Gasteiger charge is -1.92. The molecule has 3 heterocycles. The van der Waals surface area contributed by atoms with Gasteiger partial charge in [-0.2, -0.15) is 11.3 Å². The molecule has 6 heteroatoms. The molecule has 0 bridgehead atoms. The van der Waals surface area contributed by atoms with E-state index in [1.807, 2.05) is 10.8 Å². The standard InChI is InChI=1S/C9H4N2O2S2/c12-11(13)9-8-6-3-14-2-5(6)1-10-7(8)4-15-9/h1-4H. The van der Waals surface area contributed by atoms with E-state index in [1.54, 1.807) is 11.6 Å². The summed E-state index contributed by atoms with van der Waals surface area (Å²) in [6.07, 6.45) is 1.75. The number of pyridine rings is 1. The number of hydrogen-bond donors (Lipinski definition) is 0. The summed E-state index contributed by atoms with van der Waals surface area (Å²) in [6.45, 7) is 0. The minimum absolute atomic E-state index is 0.182. The third kappa shape index (κ3) is 1.15. The van der Waals surface area contributed by atoms with Crippen molar-refractivity contribution in [3.05, 3.63) is 32.5 Å². The van der Waals surface area contributed by atoms with Gasteiger partial charge >= 0.3 is 5.00 Å². The van der Waals surface area contributed by atoms with Gasteiger partial charge in [-0.1, -0.05) is 11.3 Å². The second-order valence-electron chi connectivity index (χ2n) is 3.06. The Bertz CT molecular complexity index is 671. The van der Waals surface area contributed by atoms with Crippen molar-refractivity contribution in [3.63, 3.8) is 0 Å². The first kappa shape index (κ1) is 8.75. The molecule has 0 amide bonds. The highest BCUT2D eigenvalue weighted by atomic mass is 32.1. The van der Waals surface area contributed by atoms with E-state index < -0.39 is 0 Å². The summed E-state index contributed by atoms with van der Waals surface area (Å²) in [6, 6.07) is 0. The third-order valence-corrected chi connectivity index (χ3v) is 3.90. The molecule has 0 unspecified atom stereocenters. The fourth-order valence-electron chi connectivity index (χ4n) is 1.57. The van der Waals surface area contributed by atoms with Crippen molar-refractivity contribution in [1.82, 2.24) is 4.98 Å². The number of hydrogen-bond acceptors (Lipinski definition) is 5. The summed E-state index contributed by atoms with van der Waals surface area (Å²) in [5.41, 5.74) is 0.706. The van der Waals surface area contributed by atoms with Crippen LogP contribution >= 0.6 is 22.7 Å². The SMILES string of the molecule is O=[N+]([O-])c1scc2ncc3cscc3c12. The van der Waals surface area contributed by atoms with Gasteiger partial charge in [-0.15, -0.1) is 0 Å². The van der Waals surface area contributed by atoms with Crippen LogP contribution in [0.2, 0.25) is 0 Å². The Labute approximate surface area is 91.9 Å². The van der Waals surface area contributed by atoms with Gasteiger partial charge in [0.05, 0.1) is 15.8 Å². The van der Waals surface area contributed by atoms with E-state index in [0.717, 1.165) is 22.1 Å². The first-order valence-electron chi connectivity index (χ1n) is 4.14. The van der Waals surface area contributed by atoms with Gasteiger partial charge in [-0.3, -0.25) is 15.1 Å². The van der Waals surface area contributed by atoms with Crippen molar-refractivity contribution in [2.75, 3.05) is 0 Å². The molecule has 0 spiro atoms. The molecule has 0 saturated carbocycles. The maximum absolute atomic E-state index is 10.8. The predicted octanol–water partition coefficient (Wildman–Crippen LogP) is 3.42. The maximum atomic E-state index is 10.8. The molecule has 0 aliphatic rings. The van der Waals surface area contributed by atoms with E-state index in [9.17, 15) is 10.1 Å². The number of fused-ring (bicyclic) bond motifs is 3. The maximum Gasteiger partial charge on any atom is 0.334 e. The molecule has 0 N–H and O–H groups in total. The minimum Gasteiger partial charge on any atom is -0.258 e. The lowest BCUT2D eigenvalue weighted by atomic mass is 10.2. The van der Waals surface area contributed by atoms with Gasteiger partial charge in [-0.05, 0) is 5.38 Å². The van der Waals surface area contributed by atoms with E-state index >= 15 is 0 Å². The van der Waals surface area contributed by atoms with Gasteiger partial charge in [0.1, 0.15) is 0 Å². The molecule has 0 radical (unpaired) electrons. The van der Waals surface area contributed by atoms with E-state index in [2.05, 4.69) is 4.98 Å². The molecular formula is C9H4N2O2S2. The molecule has 0 saturated heterocycles. The van der Waals surface area contributed by atoms with Crippen LogP contribution in [0.15, 0.2) is 22.3 Å². The Morgan fingerprint density at radius 3 is 3.00 bits per heavy atom. The fourth-order valence-corrected chi connectivity index (χ4v) is 3.18. The number of rotatable bonds is 1. The van der Waals surface area contributed by atoms with Crippen molar-refractivity contribution >= 4 is 49.4 Å². The van der Waals surface area contributed by atoms with Crippen LogP contribution in [0, 0.1) is 10.1 Å². The van der Waals surface area contributed by atoms with Crippen molar-refractivity contribution < 1.29 is 4.92 Å². The summed E-state index contributed by atoms with van der Waals surface area (Å²) >= 11 is 2.67. The van der Waals surface area contributed by atoms with Crippen molar-refractivity contribution in [1.29, 1.82) is 0 Å². The quantitative estimate of drug-likeness (QED) is 0.480. The predicted molar refractivity (Wildman–Crippen MR) is 61.7 cm³/mol. The topological polar surface area (TPSA) is 56.0 Å². The van der Waals surface area contributed by atoms with Gasteiger partial charge < -0.3 is 0 Å². The van der Waals surface area contributed by atoms with Crippen LogP contribution < -0.4 is 0 Å². The van der Waals surface area contributed by atoms with Crippen LogP contribution in [0.5, 0.6) is 0 Å². The van der Waals surface area contributed by atoms with E-state index in [4.69, 9.17) is 0 Å². The van der Waals surface area contributed by atoms with Crippen LogP contribution in [0.4, 0.5) is 5.00 Å². The van der Waals surface area contributed by atoms with Crippen LogP contribution in [0.1, 0.15) is 0 Å². The number of nitro groups is 1. The summed E-state index contributed by atoms with van der Waals surface area (Å²) in [5.74, 6) is 0. The van der Waals surface area contributed by atoms with Gasteiger partial charge in [-0.25, -0.2) is 0 Å². The van der Waals surface area contributed by atoms with E-state index in [-0.39, 0.29) is 9.92 Å². The zero-order valence-corrected chi connectivity index (χ0v) is 8.97. The average Bonchev–Trinajstić information content (AvgIpc) is 2.82. The van der Waals surface area contributed by atoms with Crippen molar-refractivity contribution in [2.24, 2.45) is 0 Å². The van der Waals surface area contributed by atoms with Crippen LogP contribution in [0.3, 0.4) is 0 Å². The molecule has 15 heavy (non-hydrogen) atoms. The smallest absolute Gasteiger partial charge is 0.258 e. The molecule has 0 fully saturated rings. The zero-order valence-electron chi connectivity index (χ0n) is 7.34. The Hall–Kier alpha value is -1.53. The second-order valence-corrected chi connectivity index (χ2v) is 4.66. The van der Waals surface area contributed by atoms with E-state index in [0.29, 0.717) is 10.9 Å².